The van der Waals surface area contributed by atoms with Crippen molar-refractivity contribution in [3.8, 4) is 0 Å². The summed E-state index contributed by atoms with van der Waals surface area (Å²) in [4.78, 5) is 27.1. The number of benzene rings is 2. The number of nitrogens with zero attached hydrogens (tertiary/aromatic N) is 3. The maximum absolute atomic E-state index is 13.1. The second kappa shape index (κ2) is 7.31. The van der Waals surface area contributed by atoms with Gasteiger partial charge in [-0.05, 0) is 30.3 Å². The first-order chi connectivity index (χ1) is 12.5. The number of aromatic nitrogens is 2. The summed E-state index contributed by atoms with van der Waals surface area (Å²) in [7, 11) is 3.48. The lowest BCUT2D eigenvalue weighted by Gasteiger charge is -2.18. The molecule has 132 valence electrons. The van der Waals surface area contributed by atoms with Gasteiger partial charge in [-0.15, -0.1) is 0 Å². The summed E-state index contributed by atoms with van der Waals surface area (Å²) in [5, 5.41) is 4.09. The Labute approximate surface area is 150 Å². The Kier molecular flexibility index (Phi) is 4.93. The zero-order valence-corrected chi connectivity index (χ0v) is 14.5. The van der Waals surface area contributed by atoms with Crippen molar-refractivity contribution < 1.29 is 14.0 Å². The number of aryl methyl sites for hydroxylation is 1. The van der Waals surface area contributed by atoms with Crippen LogP contribution in [0.3, 0.4) is 0 Å². The predicted molar refractivity (Wildman–Crippen MR) is 95.3 cm³/mol. The van der Waals surface area contributed by atoms with Gasteiger partial charge in [-0.3, -0.25) is 14.3 Å². The minimum Gasteiger partial charge on any atom is -0.337 e. The van der Waals surface area contributed by atoms with E-state index in [0.717, 1.165) is 5.56 Å². The SMILES string of the molecule is CN(Cc1cnn(C)c1)C(=O)c1ccccc1C(=O)c1ccc(F)cc1. The van der Waals surface area contributed by atoms with Gasteiger partial charge in [0.2, 0.25) is 0 Å². The average molecular weight is 351 g/mol. The largest absolute Gasteiger partial charge is 0.337 e. The fourth-order valence-electron chi connectivity index (χ4n) is 2.73. The Morgan fingerprint density at radius 3 is 2.35 bits per heavy atom. The highest BCUT2D eigenvalue weighted by atomic mass is 19.1. The third-order valence-corrected chi connectivity index (χ3v) is 4.03. The Bertz CT molecular complexity index is 948. The first-order valence-electron chi connectivity index (χ1n) is 8.08. The summed E-state index contributed by atoms with van der Waals surface area (Å²) in [6, 6.07) is 11.9. The molecule has 0 aliphatic rings. The van der Waals surface area contributed by atoms with E-state index < -0.39 is 5.82 Å². The lowest BCUT2D eigenvalue weighted by Crippen LogP contribution is -2.27. The second-order valence-corrected chi connectivity index (χ2v) is 6.07. The highest BCUT2D eigenvalue weighted by Crippen LogP contribution is 2.17. The molecule has 0 saturated heterocycles. The lowest BCUT2D eigenvalue weighted by atomic mass is 9.97. The Morgan fingerprint density at radius 1 is 1.08 bits per heavy atom. The van der Waals surface area contributed by atoms with Gasteiger partial charge in [0, 0.05) is 43.5 Å². The summed E-state index contributed by atoms with van der Waals surface area (Å²) in [5.41, 5.74) is 1.84. The molecule has 0 fully saturated rings. The van der Waals surface area contributed by atoms with E-state index in [1.165, 1.54) is 29.2 Å². The molecule has 3 aromatic rings. The van der Waals surface area contributed by atoms with Gasteiger partial charge in [-0.25, -0.2) is 4.39 Å². The van der Waals surface area contributed by atoms with Crippen LogP contribution in [0.2, 0.25) is 0 Å². The van der Waals surface area contributed by atoms with E-state index in [1.54, 1.807) is 42.2 Å². The minimum absolute atomic E-state index is 0.264. The molecule has 0 unspecified atom stereocenters. The minimum atomic E-state index is -0.415. The number of halogens is 1. The zero-order chi connectivity index (χ0) is 18.7. The zero-order valence-electron chi connectivity index (χ0n) is 14.5. The third-order valence-electron chi connectivity index (χ3n) is 4.03. The number of ketones is 1. The molecule has 0 saturated carbocycles. The Hall–Kier alpha value is -3.28. The van der Waals surface area contributed by atoms with Crippen LogP contribution in [0.4, 0.5) is 4.39 Å². The number of hydrogen-bond acceptors (Lipinski definition) is 3. The summed E-state index contributed by atoms with van der Waals surface area (Å²) in [6.07, 6.45) is 3.53. The lowest BCUT2D eigenvalue weighted by molar-refractivity contribution is 0.0780. The van der Waals surface area contributed by atoms with Crippen LogP contribution in [-0.2, 0) is 13.6 Å². The van der Waals surface area contributed by atoms with Crippen molar-refractivity contribution in [1.29, 1.82) is 0 Å². The number of carbonyl (C=O) groups is 2. The number of carbonyl (C=O) groups excluding carboxylic acids is 2. The summed E-state index contributed by atoms with van der Waals surface area (Å²) in [6.45, 7) is 0.381. The molecule has 0 spiro atoms. The summed E-state index contributed by atoms with van der Waals surface area (Å²) >= 11 is 0. The smallest absolute Gasteiger partial charge is 0.254 e. The highest BCUT2D eigenvalue weighted by molar-refractivity contribution is 6.15. The van der Waals surface area contributed by atoms with Crippen LogP contribution in [0.1, 0.15) is 31.8 Å². The molecule has 1 amide bonds. The van der Waals surface area contributed by atoms with E-state index in [9.17, 15) is 14.0 Å². The summed E-state index contributed by atoms with van der Waals surface area (Å²) < 4.78 is 14.8. The molecular weight excluding hydrogens is 333 g/mol. The molecule has 3 rings (SSSR count). The van der Waals surface area contributed by atoms with Crippen molar-refractivity contribution in [3.05, 3.63) is 89.0 Å². The van der Waals surface area contributed by atoms with E-state index in [0.29, 0.717) is 23.2 Å². The first-order valence-corrected chi connectivity index (χ1v) is 8.08. The van der Waals surface area contributed by atoms with Crippen molar-refractivity contribution >= 4 is 11.7 Å². The van der Waals surface area contributed by atoms with Gasteiger partial charge < -0.3 is 4.90 Å². The van der Waals surface area contributed by atoms with Crippen LogP contribution in [0.15, 0.2) is 60.9 Å². The Balaban J connectivity index is 1.87. The summed E-state index contributed by atoms with van der Waals surface area (Å²) in [5.74, 6) is -0.995. The van der Waals surface area contributed by atoms with E-state index in [2.05, 4.69) is 5.10 Å². The molecule has 0 bridgehead atoms. The molecule has 1 heterocycles. The van der Waals surface area contributed by atoms with Crippen LogP contribution in [0.25, 0.3) is 0 Å². The third kappa shape index (κ3) is 3.69. The second-order valence-electron chi connectivity index (χ2n) is 6.07. The van der Waals surface area contributed by atoms with Gasteiger partial charge in [-0.1, -0.05) is 18.2 Å². The van der Waals surface area contributed by atoms with Crippen molar-refractivity contribution in [2.45, 2.75) is 6.54 Å². The molecule has 26 heavy (non-hydrogen) atoms. The van der Waals surface area contributed by atoms with E-state index in [1.807, 2.05) is 13.2 Å². The van der Waals surface area contributed by atoms with Crippen LogP contribution < -0.4 is 0 Å². The predicted octanol–water partition coefficient (Wildman–Crippen LogP) is 3.06. The topological polar surface area (TPSA) is 55.2 Å². The van der Waals surface area contributed by atoms with E-state index >= 15 is 0 Å². The fourth-order valence-corrected chi connectivity index (χ4v) is 2.73. The molecule has 0 aliphatic heterocycles. The normalized spacial score (nSPS) is 10.6. The van der Waals surface area contributed by atoms with Crippen molar-refractivity contribution in [2.24, 2.45) is 7.05 Å². The standard InChI is InChI=1S/C20H18FN3O2/c1-23(12-14-11-22-24(2)13-14)20(26)18-6-4-3-5-17(18)19(25)15-7-9-16(21)10-8-15/h3-11,13H,12H2,1-2H3. The van der Waals surface area contributed by atoms with Crippen molar-refractivity contribution in [3.63, 3.8) is 0 Å². The molecule has 6 heteroatoms. The maximum Gasteiger partial charge on any atom is 0.254 e. The first kappa shape index (κ1) is 17.5. The van der Waals surface area contributed by atoms with Gasteiger partial charge in [0.05, 0.1) is 11.8 Å². The van der Waals surface area contributed by atoms with Crippen LogP contribution in [0, 0.1) is 5.82 Å². The quantitative estimate of drug-likeness (QED) is 0.664. The van der Waals surface area contributed by atoms with Gasteiger partial charge >= 0.3 is 0 Å². The average Bonchev–Trinajstić information content (AvgIpc) is 3.06. The van der Waals surface area contributed by atoms with Crippen LogP contribution in [0.5, 0.6) is 0 Å². The molecule has 0 atom stereocenters. The number of rotatable bonds is 5. The van der Waals surface area contributed by atoms with E-state index in [4.69, 9.17) is 0 Å². The molecule has 0 aliphatic carbocycles. The molecule has 0 radical (unpaired) electrons. The van der Waals surface area contributed by atoms with Crippen molar-refractivity contribution in [2.75, 3.05) is 7.05 Å². The van der Waals surface area contributed by atoms with Crippen LogP contribution in [-0.4, -0.2) is 33.4 Å². The Morgan fingerprint density at radius 2 is 1.73 bits per heavy atom. The van der Waals surface area contributed by atoms with Gasteiger partial charge in [0.15, 0.2) is 5.78 Å². The van der Waals surface area contributed by atoms with Crippen LogP contribution >= 0.6 is 0 Å². The number of amides is 1. The van der Waals surface area contributed by atoms with Gasteiger partial charge in [0.25, 0.3) is 5.91 Å². The fraction of sp³-hybridized carbons (Fsp3) is 0.150. The number of hydrogen-bond donors (Lipinski definition) is 0. The highest BCUT2D eigenvalue weighted by Gasteiger charge is 2.21. The molecular formula is C20H18FN3O2. The molecule has 2 aromatic carbocycles. The monoisotopic (exact) mass is 351 g/mol. The van der Waals surface area contributed by atoms with Gasteiger partial charge in [0.1, 0.15) is 5.82 Å². The van der Waals surface area contributed by atoms with Gasteiger partial charge in [-0.2, -0.15) is 5.10 Å². The molecule has 5 nitrogen and oxygen atoms in total. The van der Waals surface area contributed by atoms with E-state index in [-0.39, 0.29) is 11.7 Å². The molecule has 1 aromatic heterocycles. The van der Waals surface area contributed by atoms with Crippen molar-refractivity contribution in [1.82, 2.24) is 14.7 Å². The maximum atomic E-state index is 13.1. The molecule has 0 N–H and O–H groups in total.